The maximum absolute atomic E-state index is 13.7. The van der Waals surface area contributed by atoms with E-state index in [2.05, 4.69) is 21.2 Å². The first-order valence-corrected chi connectivity index (χ1v) is 6.27. The van der Waals surface area contributed by atoms with E-state index in [1.165, 1.54) is 12.1 Å². The van der Waals surface area contributed by atoms with Gasteiger partial charge >= 0.3 is 0 Å². The fraction of sp³-hybridized carbons (Fsp3) is 0.0714. The van der Waals surface area contributed by atoms with E-state index >= 15 is 0 Å². The first kappa shape index (κ1) is 13.5. The van der Waals surface area contributed by atoms with Gasteiger partial charge in [0.2, 0.25) is 0 Å². The zero-order chi connectivity index (χ0) is 13.8. The molecule has 0 radical (unpaired) electrons. The van der Waals surface area contributed by atoms with Gasteiger partial charge < -0.3 is 5.32 Å². The van der Waals surface area contributed by atoms with Crippen LogP contribution in [0.5, 0.6) is 0 Å². The third kappa shape index (κ3) is 3.09. The first-order valence-electron chi connectivity index (χ1n) is 5.48. The summed E-state index contributed by atoms with van der Waals surface area (Å²) >= 11 is 3.02. The smallest absolute Gasteiger partial charge is 0.145 e. The molecule has 0 atom stereocenters. The number of hydrogen-bond acceptors (Lipinski definition) is 2. The molecule has 0 aliphatic rings. The van der Waals surface area contributed by atoms with Crippen LogP contribution in [-0.2, 0) is 6.54 Å². The molecule has 96 valence electrons. The minimum Gasteiger partial charge on any atom is -0.381 e. The largest absolute Gasteiger partial charge is 0.381 e. The van der Waals surface area contributed by atoms with E-state index in [-0.39, 0.29) is 16.6 Å². The molecule has 0 fully saturated rings. The lowest BCUT2D eigenvalue weighted by Crippen LogP contribution is -2.05. The highest BCUT2D eigenvalue weighted by Gasteiger charge is 2.11. The molecular formula is C14H9BrF2N2. The Morgan fingerprint density at radius 1 is 1.11 bits per heavy atom. The van der Waals surface area contributed by atoms with Crippen LogP contribution in [0.25, 0.3) is 0 Å². The maximum Gasteiger partial charge on any atom is 0.145 e. The lowest BCUT2D eigenvalue weighted by atomic mass is 10.2. The number of hydrogen-bond donors (Lipinski definition) is 1. The molecule has 0 saturated carbocycles. The standard InChI is InChI=1S/C14H9BrF2N2/c15-12-5-6-13(16)11(14(12)17)8-19-10-3-1-9(7-18)2-4-10/h1-6,19H,8H2. The summed E-state index contributed by atoms with van der Waals surface area (Å²) in [6, 6.07) is 11.2. The van der Waals surface area contributed by atoms with Crippen molar-refractivity contribution in [2.45, 2.75) is 6.54 Å². The summed E-state index contributed by atoms with van der Waals surface area (Å²) in [6.07, 6.45) is 0. The van der Waals surface area contributed by atoms with Crippen molar-refractivity contribution in [2.75, 3.05) is 5.32 Å². The predicted octanol–water partition coefficient (Wildman–Crippen LogP) is 4.21. The van der Waals surface area contributed by atoms with Gasteiger partial charge in [-0.25, -0.2) is 8.78 Å². The molecule has 2 aromatic rings. The number of nitrogens with zero attached hydrogens (tertiary/aromatic N) is 1. The Kier molecular flexibility index (Phi) is 4.13. The monoisotopic (exact) mass is 322 g/mol. The molecule has 0 aliphatic carbocycles. The highest BCUT2D eigenvalue weighted by molar-refractivity contribution is 9.10. The van der Waals surface area contributed by atoms with Crippen LogP contribution in [0.15, 0.2) is 40.9 Å². The lowest BCUT2D eigenvalue weighted by Gasteiger charge is -2.09. The van der Waals surface area contributed by atoms with Crippen LogP contribution >= 0.6 is 15.9 Å². The molecule has 0 aliphatic heterocycles. The average molecular weight is 323 g/mol. The number of nitrogens with one attached hydrogen (secondary N) is 1. The van der Waals surface area contributed by atoms with Gasteiger partial charge in [-0.3, -0.25) is 0 Å². The van der Waals surface area contributed by atoms with Crippen LogP contribution in [0.4, 0.5) is 14.5 Å². The van der Waals surface area contributed by atoms with Gasteiger partial charge in [0.05, 0.1) is 16.1 Å². The maximum atomic E-state index is 13.7. The van der Waals surface area contributed by atoms with Crippen LogP contribution < -0.4 is 5.32 Å². The summed E-state index contributed by atoms with van der Waals surface area (Å²) in [6.45, 7) is 0.0308. The Bertz CT molecular complexity index is 633. The van der Waals surface area contributed by atoms with E-state index in [4.69, 9.17) is 5.26 Å². The van der Waals surface area contributed by atoms with Crippen LogP contribution in [0.3, 0.4) is 0 Å². The topological polar surface area (TPSA) is 35.8 Å². The zero-order valence-electron chi connectivity index (χ0n) is 9.75. The van der Waals surface area contributed by atoms with Crippen molar-refractivity contribution >= 4 is 21.6 Å². The summed E-state index contributed by atoms with van der Waals surface area (Å²) < 4.78 is 27.4. The summed E-state index contributed by atoms with van der Waals surface area (Å²) in [7, 11) is 0. The van der Waals surface area contributed by atoms with Crippen LogP contribution in [-0.4, -0.2) is 0 Å². The normalized spacial score (nSPS) is 10.0. The number of benzene rings is 2. The van der Waals surface area contributed by atoms with Crippen molar-refractivity contribution in [3.05, 3.63) is 63.6 Å². The van der Waals surface area contributed by atoms with Crippen molar-refractivity contribution < 1.29 is 8.78 Å². The Labute approximate surface area is 117 Å². The zero-order valence-corrected chi connectivity index (χ0v) is 11.3. The SMILES string of the molecule is N#Cc1ccc(NCc2c(F)ccc(Br)c2F)cc1. The minimum absolute atomic E-state index is 0.0289. The van der Waals surface area contributed by atoms with Crippen LogP contribution in [0.1, 0.15) is 11.1 Å². The molecule has 19 heavy (non-hydrogen) atoms. The van der Waals surface area contributed by atoms with E-state index in [0.717, 1.165) is 0 Å². The number of halogens is 3. The molecule has 0 amide bonds. The third-order valence-corrected chi connectivity index (χ3v) is 3.23. The van der Waals surface area contributed by atoms with Gasteiger partial charge in [0.25, 0.3) is 0 Å². The van der Waals surface area contributed by atoms with E-state index < -0.39 is 11.6 Å². The quantitative estimate of drug-likeness (QED) is 0.859. The minimum atomic E-state index is -0.610. The van der Waals surface area contributed by atoms with Gasteiger partial charge in [-0.1, -0.05) is 0 Å². The molecule has 0 bridgehead atoms. The van der Waals surface area contributed by atoms with Gasteiger partial charge in [-0.05, 0) is 52.3 Å². The second-order valence-electron chi connectivity index (χ2n) is 3.86. The second kappa shape index (κ2) is 5.81. The molecule has 2 aromatic carbocycles. The summed E-state index contributed by atoms with van der Waals surface area (Å²) in [5, 5.41) is 11.6. The molecule has 5 heteroatoms. The van der Waals surface area contributed by atoms with Crippen molar-refractivity contribution in [1.29, 1.82) is 5.26 Å². The van der Waals surface area contributed by atoms with Gasteiger partial charge in [-0.15, -0.1) is 0 Å². The fourth-order valence-corrected chi connectivity index (χ4v) is 1.96. The molecule has 0 heterocycles. The fourth-order valence-electron chi connectivity index (χ4n) is 1.58. The van der Waals surface area contributed by atoms with Crippen LogP contribution in [0.2, 0.25) is 0 Å². The predicted molar refractivity (Wildman–Crippen MR) is 72.5 cm³/mol. The third-order valence-electron chi connectivity index (χ3n) is 2.62. The molecule has 2 rings (SSSR count). The molecule has 0 saturated heterocycles. The highest BCUT2D eigenvalue weighted by atomic mass is 79.9. The summed E-state index contributed by atoms with van der Waals surface area (Å²) in [4.78, 5) is 0. The Morgan fingerprint density at radius 3 is 2.42 bits per heavy atom. The van der Waals surface area contributed by atoms with Gasteiger partial charge in [0.1, 0.15) is 11.6 Å². The molecule has 0 unspecified atom stereocenters. The van der Waals surface area contributed by atoms with E-state index in [9.17, 15) is 8.78 Å². The lowest BCUT2D eigenvalue weighted by molar-refractivity contribution is 0.555. The molecule has 1 N–H and O–H groups in total. The second-order valence-corrected chi connectivity index (χ2v) is 4.72. The van der Waals surface area contributed by atoms with Crippen molar-refractivity contribution in [2.24, 2.45) is 0 Å². The number of rotatable bonds is 3. The van der Waals surface area contributed by atoms with Crippen LogP contribution in [0, 0.1) is 23.0 Å². The van der Waals surface area contributed by atoms with Gasteiger partial charge in [0.15, 0.2) is 0 Å². The van der Waals surface area contributed by atoms with Crippen molar-refractivity contribution in [3.63, 3.8) is 0 Å². The molecule has 2 nitrogen and oxygen atoms in total. The molecular weight excluding hydrogens is 314 g/mol. The van der Waals surface area contributed by atoms with Gasteiger partial charge in [-0.2, -0.15) is 5.26 Å². The highest BCUT2D eigenvalue weighted by Crippen LogP contribution is 2.22. The molecule has 0 aromatic heterocycles. The van der Waals surface area contributed by atoms with Gasteiger partial charge in [0, 0.05) is 17.8 Å². The van der Waals surface area contributed by atoms with E-state index in [1.807, 2.05) is 6.07 Å². The summed E-state index contributed by atoms with van der Waals surface area (Å²) in [5.41, 5.74) is 1.20. The number of nitriles is 1. The van der Waals surface area contributed by atoms with Crippen molar-refractivity contribution in [3.8, 4) is 6.07 Å². The Morgan fingerprint density at radius 2 is 1.79 bits per heavy atom. The average Bonchev–Trinajstić information content (AvgIpc) is 2.44. The Balaban J connectivity index is 2.14. The summed E-state index contributed by atoms with van der Waals surface area (Å²) in [5.74, 6) is -1.21. The first-order chi connectivity index (χ1) is 9.11. The van der Waals surface area contributed by atoms with E-state index in [0.29, 0.717) is 11.3 Å². The molecule has 0 spiro atoms. The Hall–Kier alpha value is -1.93. The van der Waals surface area contributed by atoms with Crippen molar-refractivity contribution in [1.82, 2.24) is 0 Å². The number of anilines is 1. The van der Waals surface area contributed by atoms with E-state index in [1.54, 1.807) is 24.3 Å².